The van der Waals surface area contributed by atoms with Gasteiger partial charge in [-0.15, -0.1) is 0 Å². The van der Waals surface area contributed by atoms with Crippen LogP contribution in [0.1, 0.15) is 44.9 Å². The van der Waals surface area contributed by atoms with Gasteiger partial charge in [0, 0.05) is 19.3 Å². The molecule has 0 aromatic rings. The molecule has 0 N–H and O–H groups in total. The smallest absolute Gasteiger partial charge is 0.330 e. The molecule has 4 aliphatic carbocycles. The maximum atomic E-state index is 10.8. The molecular weight excluding hydrogens is 280 g/mol. The van der Waals surface area contributed by atoms with Crippen molar-refractivity contribution in [2.24, 2.45) is 17.8 Å². The molecule has 4 heteroatoms. The highest BCUT2D eigenvalue weighted by molar-refractivity contribution is 5.81. The van der Waals surface area contributed by atoms with E-state index in [4.69, 9.17) is 14.2 Å². The lowest BCUT2D eigenvalue weighted by atomic mass is 9.54. The van der Waals surface area contributed by atoms with Gasteiger partial charge < -0.3 is 14.2 Å². The van der Waals surface area contributed by atoms with Crippen molar-refractivity contribution in [3.8, 4) is 0 Å². The van der Waals surface area contributed by atoms with Crippen molar-refractivity contribution in [2.45, 2.75) is 50.5 Å². The third-order valence-electron chi connectivity index (χ3n) is 5.46. The van der Waals surface area contributed by atoms with Gasteiger partial charge in [0.2, 0.25) is 0 Å². The monoisotopic (exact) mass is 308 g/mol. The first-order chi connectivity index (χ1) is 10.7. The van der Waals surface area contributed by atoms with Crippen molar-refractivity contribution >= 4 is 5.97 Å². The SMILES string of the molecule is C=CC(=O)OCCOCCCOC12CC3CC(CC(C3)C1)C2. The van der Waals surface area contributed by atoms with Gasteiger partial charge in [0.15, 0.2) is 0 Å². The summed E-state index contributed by atoms with van der Waals surface area (Å²) in [6.07, 6.45) is 10.3. The Morgan fingerprint density at radius 3 is 2.23 bits per heavy atom. The van der Waals surface area contributed by atoms with Crippen molar-refractivity contribution < 1.29 is 19.0 Å². The summed E-state index contributed by atoms with van der Waals surface area (Å²) in [5.41, 5.74) is 0.203. The molecule has 0 unspecified atom stereocenters. The lowest BCUT2D eigenvalue weighted by Gasteiger charge is -2.56. The molecule has 4 aliphatic rings. The van der Waals surface area contributed by atoms with Crippen molar-refractivity contribution in [1.29, 1.82) is 0 Å². The molecule has 0 atom stereocenters. The maximum absolute atomic E-state index is 10.8. The molecular formula is C18H28O4. The van der Waals surface area contributed by atoms with Crippen LogP contribution >= 0.6 is 0 Å². The van der Waals surface area contributed by atoms with Crippen LogP contribution in [-0.4, -0.2) is 38.0 Å². The first-order valence-corrected chi connectivity index (χ1v) is 8.70. The summed E-state index contributed by atoms with van der Waals surface area (Å²) >= 11 is 0. The Kier molecular flexibility index (Phi) is 5.19. The summed E-state index contributed by atoms with van der Waals surface area (Å²) in [5, 5.41) is 0. The van der Waals surface area contributed by atoms with Crippen LogP contribution in [0.5, 0.6) is 0 Å². The van der Waals surface area contributed by atoms with E-state index in [0.29, 0.717) is 19.8 Å². The fraction of sp³-hybridized carbons (Fsp3) is 0.833. The van der Waals surface area contributed by atoms with Gasteiger partial charge in [0.1, 0.15) is 6.61 Å². The molecule has 0 aromatic heterocycles. The Morgan fingerprint density at radius 2 is 1.64 bits per heavy atom. The summed E-state index contributed by atoms with van der Waals surface area (Å²) < 4.78 is 16.6. The molecule has 4 bridgehead atoms. The van der Waals surface area contributed by atoms with Crippen LogP contribution in [0, 0.1) is 17.8 Å². The van der Waals surface area contributed by atoms with Crippen molar-refractivity contribution in [1.82, 2.24) is 0 Å². The lowest BCUT2D eigenvalue weighted by molar-refractivity contribution is -0.164. The van der Waals surface area contributed by atoms with E-state index in [2.05, 4.69) is 6.58 Å². The van der Waals surface area contributed by atoms with Crippen LogP contribution in [0.25, 0.3) is 0 Å². The van der Waals surface area contributed by atoms with Crippen LogP contribution in [0.3, 0.4) is 0 Å². The summed E-state index contributed by atoms with van der Waals surface area (Å²) in [6.45, 7) is 5.53. The summed E-state index contributed by atoms with van der Waals surface area (Å²) in [4.78, 5) is 10.8. The molecule has 4 nitrogen and oxygen atoms in total. The van der Waals surface area contributed by atoms with E-state index in [1.54, 1.807) is 0 Å². The third kappa shape index (κ3) is 3.90. The molecule has 0 heterocycles. The number of carbonyl (C=O) groups is 1. The first kappa shape index (κ1) is 16.0. The summed E-state index contributed by atoms with van der Waals surface area (Å²) in [6, 6.07) is 0. The second-order valence-corrected chi connectivity index (χ2v) is 7.29. The number of hydrogen-bond acceptors (Lipinski definition) is 4. The normalized spacial score (nSPS) is 35.5. The van der Waals surface area contributed by atoms with Crippen LogP contribution < -0.4 is 0 Å². The van der Waals surface area contributed by atoms with E-state index in [0.717, 1.165) is 30.8 Å². The van der Waals surface area contributed by atoms with E-state index in [-0.39, 0.29) is 5.60 Å². The van der Waals surface area contributed by atoms with Gasteiger partial charge in [0.05, 0.1) is 12.2 Å². The fourth-order valence-electron chi connectivity index (χ4n) is 5.02. The zero-order valence-corrected chi connectivity index (χ0v) is 13.4. The van der Waals surface area contributed by atoms with E-state index in [9.17, 15) is 4.79 Å². The zero-order valence-electron chi connectivity index (χ0n) is 13.4. The minimum Gasteiger partial charge on any atom is -0.460 e. The molecule has 0 aromatic carbocycles. The standard InChI is InChI=1S/C18H28O4/c1-2-17(19)21-7-6-20-4-3-5-22-18-11-14-8-15(12-18)10-16(9-14)13-18/h2,14-16H,1,3-13H2. The van der Waals surface area contributed by atoms with Crippen LogP contribution in [-0.2, 0) is 19.0 Å². The van der Waals surface area contributed by atoms with Crippen LogP contribution in [0.4, 0.5) is 0 Å². The fourth-order valence-corrected chi connectivity index (χ4v) is 5.02. The average Bonchev–Trinajstić information content (AvgIpc) is 2.48. The van der Waals surface area contributed by atoms with Gasteiger partial charge in [-0.05, 0) is 62.7 Å². The summed E-state index contributed by atoms with van der Waals surface area (Å²) in [5.74, 6) is 2.40. The number of ether oxygens (including phenoxy) is 3. The lowest BCUT2D eigenvalue weighted by Crippen LogP contribution is -2.52. The molecule has 4 rings (SSSR count). The Morgan fingerprint density at radius 1 is 1.00 bits per heavy atom. The van der Waals surface area contributed by atoms with Crippen LogP contribution in [0.2, 0.25) is 0 Å². The topological polar surface area (TPSA) is 44.8 Å². The minimum absolute atomic E-state index is 0.203. The Bertz CT molecular complexity index is 369. The second-order valence-electron chi connectivity index (χ2n) is 7.29. The number of esters is 1. The number of rotatable bonds is 9. The van der Waals surface area contributed by atoms with E-state index >= 15 is 0 Å². The van der Waals surface area contributed by atoms with Gasteiger partial charge in [-0.25, -0.2) is 4.79 Å². The number of hydrogen-bond donors (Lipinski definition) is 0. The van der Waals surface area contributed by atoms with Crippen molar-refractivity contribution in [2.75, 3.05) is 26.4 Å². The molecule has 4 fully saturated rings. The molecule has 0 radical (unpaired) electrons. The molecule has 0 spiro atoms. The first-order valence-electron chi connectivity index (χ1n) is 8.70. The van der Waals surface area contributed by atoms with Gasteiger partial charge in [-0.3, -0.25) is 0 Å². The molecule has 0 amide bonds. The number of carbonyl (C=O) groups excluding carboxylic acids is 1. The molecule has 0 saturated heterocycles. The Balaban J connectivity index is 1.26. The maximum Gasteiger partial charge on any atom is 0.330 e. The highest BCUT2D eigenvalue weighted by atomic mass is 16.6. The average molecular weight is 308 g/mol. The molecule has 0 aliphatic heterocycles. The highest BCUT2D eigenvalue weighted by Crippen LogP contribution is 2.57. The van der Waals surface area contributed by atoms with E-state index in [1.165, 1.54) is 44.6 Å². The third-order valence-corrected chi connectivity index (χ3v) is 5.46. The predicted molar refractivity (Wildman–Crippen MR) is 83.4 cm³/mol. The summed E-state index contributed by atoms with van der Waals surface area (Å²) in [7, 11) is 0. The molecule has 4 saturated carbocycles. The highest BCUT2D eigenvalue weighted by Gasteiger charge is 2.51. The van der Waals surface area contributed by atoms with Crippen molar-refractivity contribution in [3.63, 3.8) is 0 Å². The van der Waals surface area contributed by atoms with E-state index < -0.39 is 5.97 Å². The largest absolute Gasteiger partial charge is 0.460 e. The van der Waals surface area contributed by atoms with Gasteiger partial charge in [0.25, 0.3) is 0 Å². The van der Waals surface area contributed by atoms with Gasteiger partial charge >= 0.3 is 5.97 Å². The Hall–Kier alpha value is -0.870. The minimum atomic E-state index is -0.395. The van der Waals surface area contributed by atoms with Crippen LogP contribution in [0.15, 0.2) is 12.7 Å². The van der Waals surface area contributed by atoms with Gasteiger partial charge in [-0.2, -0.15) is 0 Å². The molecule has 22 heavy (non-hydrogen) atoms. The van der Waals surface area contributed by atoms with E-state index in [1.807, 2.05) is 0 Å². The predicted octanol–water partition coefficient (Wildman–Crippen LogP) is 3.11. The Labute approximate surface area is 133 Å². The quantitative estimate of drug-likeness (QED) is 0.373. The van der Waals surface area contributed by atoms with Gasteiger partial charge in [-0.1, -0.05) is 6.58 Å². The van der Waals surface area contributed by atoms with Crippen molar-refractivity contribution in [3.05, 3.63) is 12.7 Å². The second kappa shape index (κ2) is 7.14. The zero-order chi connectivity index (χ0) is 15.4. The molecule has 124 valence electrons.